The highest BCUT2D eigenvalue weighted by Crippen LogP contribution is 2.37. The van der Waals surface area contributed by atoms with E-state index in [0.717, 1.165) is 6.26 Å². The van der Waals surface area contributed by atoms with Crippen LogP contribution in [0.2, 0.25) is 0 Å². The second-order valence-corrected chi connectivity index (χ2v) is 3.88. The quantitative estimate of drug-likeness (QED) is 0.539. The molecular weight excluding hydrogens is 190 g/mol. The maximum Gasteiger partial charge on any atom is 0.524 e. The molecule has 0 aromatic heterocycles. The number of allylic oxidation sites excluding steroid dienone is 1. The largest absolute Gasteiger partial charge is 0.524 e. The fourth-order valence-electron chi connectivity index (χ4n) is 0.255. The number of rotatable bonds is 3. The van der Waals surface area contributed by atoms with Crippen LogP contribution < -0.4 is 0 Å². The number of hydrogen-bond donors (Lipinski definition) is 2. The molecule has 0 aromatic carbocycles. The molecule has 0 fully saturated rings. The Bertz CT molecular complexity index is 195. The van der Waals surface area contributed by atoms with Gasteiger partial charge < -0.3 is 4.52 Å². The van der Waals surface area contributed by atoms with Crippen LogP contribution in [-0.2, 0) is 9.09 Å². The van der Waals surface area contributed by atoms with E-state index in [9.17, 15) is 4.57 Å². The zero-order valence-electron chi connectivity index (χ0n) is 6.19. The topological polar surface area (TPSA) is 66.8 Å². The summed E-state index contributed by atoms with van der Waals surface area (Å²) in [7, 11) is -4.42. The molecular formula is C5H10ClO4P. The van der Waals surface area contributed by atoms with Crippen LogP contribution in [0.25, 0.3) is 0 Å². The van der Waals surface area contributed by atoms with E-state index >= 15 is 0 Å². The molecule has 0 aromatic rings. The van der Waals surface area contributed by atoms with Gasteiger partial charge in [0.2, 0.25) is 0 Å². The summed E-state index contributed by atoms with van der Waals surface area (Å²) < 4.78 is 14.2. The van der Waals surface area contributed by atoms with E-state index in [1.54, 1.807) is 13.8 Å². The minimum absolute atomic E-state index is 0.00298. The van der Waals surface area contributed by atoms with E-state index < -0.39 is 7.82 Å². The van der Waals surface area contributed by atoms with Crippen LogP contribution in [0.5, 0.6) is 0 Å². The molecule has 0 radical (unpaired) electrons. The van der Waals surface area contributed by atoms with Crippen molar-refractivity contribution in [2.75, 3.05) is 0 Å². The monoisotopic (exact) mass is 200 g/mol. The Labute approximate surface area is 70.1 Å². The lowest BCUT2D eigenvalue weighted by molar-refractivity contribution is 0.257. The summed E-state index contributed by atoms with van der Waals surface area (Å²) in [5.74, 6) is 0.00298. The van der Waals surface area contributed by atoms with Gasteiger partial charge in [0.05, 0.1) is 5.03 Å². The van der Waals surface area contributed by atoms with E-state index in [1.165, 1.54) is 0 Å². The van der Waals surface area contributed by atoms with Crippen molar-refractivity contribution in [3.63, 3.8) is 0 Å². The third kappa shape index (κ3) is 6.38. The van der Waals surface area contributed by atoms with Crippen LogP contribution in [0, 0.1) is 5.92 Å². The molecule has 11 heavy (non-hydrogen) atoms. The molecule has 0 saturated heterocycles. The van der Waals surface area contributed by atoms with Crippen molar-refractivity contribution in [1.29, 1.82) is 0 Å². The Morgan fingerprint density at radius 1 is 1.64 bits per heavy atom. The molecule has 0 saturated carbocycles. The van der Waals surface area contributed by atoms with Gasteiger partial charge in [-0.3, -0.25) is 9.79 Å². The van der Waals surface area contributed by atoms with Gasteiger partial charge in [0, 0.05) is 0 Å². The van der Waals surface area contributed by atoms with Gasteiger partial charge in [-0.15, -0.1) is 0 Å². The molecule has 4 nitrogen and oxygen atoms in total. The molecule has 0 amide bonds. The highest BCUT2D eigenvalue weighted by molar-refractivity contribution is 7.46. The first-order valence-corrected chi connectivity index (χ1v) is 4.83. The number of halogens is 1. The molecule has 0 spiro atoms. The molecule has 0 atom stereocenters. The summed E-state index contributed by atoms with van der Waals surface area (Å²) >= 11 is 5.51. The van der Waals surface area contributed by atoms with Crippen LogP contribution in [0.15, 0.2) is 11.3 Å². The summed E-state index contributed by atoms with van der Waals surface area (Å²) in [5, 5.41) is 0.272. The number of phosphoric acid groups is 1. The highest BCUT2D eigenvalue weighted by atomic mass is 35.5. The average Bonchev–Trinajstić information content (AvgIpc) is 1.80. The summed E-state index contributed by atoms with van der Waals surface area (Å²) in [5.41, 5.74) is 0. The molecule has 0 unspecified atom stereocenters. The third-order valence-electron chi connectivity index (χ3n) is 0.854. The Kier molecular flexibility index (Phi) is 4.11. The minimum atomic E-state index is -4.42. The first-order chi connectivity index (χ1) is 4.83. The van der Waals surface area contributed by atoms with Crippen LogP contribution in [0.1, 0.15) is 13.8 Å². The predicted molar refractivity (Wildman–Crippen MR) is 41.9 cm³/mol. The summed E-state index contributed by atoms with van der Waals surface area (Å²) in [6.45, 7) is 3.56. The highest BCUT2D eigenvalue weighted by Gasteiger charge is 2.13. The lowest BCUT2D eigenvalue weighted by Gasteiger charge is -2.04. The molecule has 66 valence electrons. The van der Waals surface area contributed by atoms with Crippen LogP contribution in [-0.4, -0.2) is 9.79 Å². The third-order valence-corrected chi connectivity index (χ3v) is 1.76. The van der Waals surface area contributed by atoms with Crippen molar-refractivity contribution in [2.24, 2.45) is 5.92 Å². The average molecular weight is 201 g/mol. The normalized spacial score (nSPS) is 13.8. The molecule has 0 aliphatic heterocycles. The minimum Gasteiger partial charge on any atom is -0.411 e. The molecule has 0 rings (SSSR count). The van der Waals surface area contributed by atoms with E-state index in [0.29, 0.717) is 0 Å². The Balaban J connectivity index is 4.04. The Morgan fingerprint density at radius 3 is 2.36 bits per heavy atom. The van der Waals surface area contributed by atoms with E-state index in [1.807, 2.05) is 0 Å². The maximum atomic E-state index is 10.1. The van der Waals surface area contributed by atoms with E-state index in [4.69, 9.17) is 21.4 Å². The van der Waals surface area contributed by atoms with Gasteiger partial charge in [0.1, 0.15) is 6.26 Å². The van der Waals surface area contributed by atoms with Gasteiger partial charge in [-0.25, -0.2) is 4.57 Å². The number of hydrogen-bond acceptors (Lipinski definition) is 2. The Hall–Kier alpha value is -0.0200. The molecule has 0 aliphatic carbocycles. The smallest absolute Gasteiger partial charge is 0.411 e. The molecule has 6 heteroatoms. The zero-order chi connectivity index (χ0) is 9.07. The van der Waals surface area contributed by atoms with Crippen LogP contribution >= 0.6 is 19.4 Å². The van der Waals surface area contributed by atoms with Crippen LogP contribution in [0.3, 0.4) is 0 Å². The van der Waals surface area contributed by atoms with Crippen molar-refractivity contribution in [3.05, 3.63) is 11.3 Å². The summed E-state index contributed by atoms with van der Waals surface area (Å²) in [6.07, 6.45) is 0.868. The van der Waals surface area contributed by atoms with E-state index in [-0.39, 0.29) is 11.0 Å². The van der Waals surface area contributed by atoms with Gasteiger partial charge in [0.25, 0.3) is 0 Å². The van der Waals surface area contributed by atoms with Gasteiger partial charge in [-0.2, -0.15) is 0 Å². The van der Waals surface area contributed by atoms with Crippen LogP contribution in [0.4, 0.5) is 0 Å². The van der Waals surface area contributed by atoms with Crippen molar-refractivity contribution < 1.29 is 18.9 Å². The Morgan fingerprint density at radius 2 is 2.09 bits per heavy atom. The van der Waals surface area contributed by atoms with Crippen molar-refractivity contribution in [1.82, 2.24) is 0 Å². The zero-order valence-corrected chi connectivity index (χ0v) is 7.84. The lowest BCUT2D eigenvalue weighted by Crippen LogP contribution is -1.87. The fraction of sp³-hybridized carbons (Fsp3) is 0.600. The molecule has 0 aliphatic rings. The van der Waals surface area contributed by atoms with Gasteiger partial charge in [0.15, 0.2) is 0 Å². The van der Waals surface area contributed by atoms with Gasteiger partial charge in [-0.05, 0) is 5.92 Å². The first kappa shape index (κ1) is 11.0. The second-order valence-electron chi connectivity index (χ2n) is 2.25. The standard InChI is InChI=1S/C5H10ClO4P/c1-4(2)5(6)3-10-11(7,8)9/h3-4H,1-2H3,(H2,7,8,9). The van der Waals surface area contributed by atoms with Gasteiger partial charge >= 0.3 is 7.82 Å². The van der Waals surface area contributed by atoms with Crippen molar-refractivity contribution in [2.45, 2.75) is 13.8 Å². The molecule has 2 N–H and O–H groups in total. The molecule has 0 bridgehead atoms. The summed E-state index contributed by atoms with van der Waals surface area (Å²) in [4.78, 5) is 16.5. The lowest BCUT2D eigenvalue weighted by atomic mass is 10.2. The van der Waals surface area contributed by atoms with Gasteiger partial charge in [-0.1, -0.05) is 25.4 Å². The van der Waals surface area contributed by atoms with E-state index in [2.05, 4.69) is 4.52 Å². The first-order valence-electron chi connectivity index (χ1n) is 2.92. The second kappa shape index (κ2) is 4.12. The SMILES string of the molecule is CC(C)C(Cl)=COP(=O)(O)O. The fourth-order valence-corrected chi connectivity index (χ4v) is 0.613. The maximum absolute atomic E-state index is 10.1. The van der Waals surface area contributed by atoms with Crippen molar-refractivity contribution >= 4 is 19.4 Å². The summed E-state index contributed by atoms with van der Waals surface area (Å²) in [6, 6.07) is 0. The molecule has 0 heterocycles. The predicted octanol–water partition coefficient (Wildman–Crippen LogP) is 1.83. The number of phosphoric ester groups is 1. The van der Waals surface area contributed by atoms with Crippen molar-refractivity contribution in [3.8, 4) is 0 Å².